The van der Waals surface area contributed by atoms with Gasteiger partial charge in [0.15, 0.2) is 9.84 Å². The van der Waals surface area contributed by atoms with Gasteiger partial charge in [-0.1, -0.05) is 114 Å². The topological polar surface area (TPSA) is 194 Å². The summed E-state index contributed by atoms with van der Waals surface area (Å²) in [6.45, 7) is 4.37. The van der Waals surface area contributed by atoms with Crippen molar-refractivity contribution in [2.75, 3.05) is 35.0 Å². The number of carbonyl (C=O) groups excluding carboxylic acids is 3. The first-order valence-corrected chi connectivity index (χ1v) is 29.9. The average molecular weight is 1160 g/mol. The van der Waals surface area contributed by atoms with E-state index >= 15 is 0 Å². The number of carboxylic acid groups (broad SMARTS) is 1. The predicted molar refractivity (Wildman–Crippen MR) is 307 cm³/mol. The fourth-order valence-electron chi connectivity index (χ4n) is 11.1. The van der Waals surface area contributed by atoms with E-state index in [0.717, 1.165) is 86.6 Å². The lowest BCUT2D eigenvalue weighted by atomic mass is 9.69. The smallest absolute Gasteiger partial charge is 0.475 e. The predicted octanol–water partition coefficient (Wildman–Crippen LogP) is 12.9. The third kappa shape index (κ3) is 17.2. The number of hydrogen-bond acceptors (Lipinski definition) is 9. The number of carboxylic acids is 1. The van der Waals surface area contributed by atoms with Crippen LogP contribution < -0.4 is 20.4 Å². The van der Waals surface area contributed by atoms with Crippen molar-refractivity contribution in [3.8, 4) is 0 Å². The van der Waals surface area contributed by atoms with E-state index in [-0.39, 0.29) is 34.4 Å². The summed E-state index contributed by atoms with van der Waals surface area (Å²) in [6, 6.07) is 31.8. The SMILES string of the molecule is CCCCC1(CC)CS(=O)(=O)c2ccc(N(C)C)cc2C(c2cccc(NC(=O)CCCCCCCCCCC(=O)NCc3cccc(C4C(CCC(O)c5ccc(F)cc5)C(=O)N4c4ccc(F)cc4)c3)c2)[C@H]1O.O=C(O)C(F)(F)F. The highest BCUT2D eigenvalue weighted by atomic mass is 32.2. The van der Waals surface area contributed by atoms with Gasteiger partial charge in [0.25, 0.3) is 0 Å². The zero-order valence-electron chi connectivity index (χ0n) is 47.1. The van der Waals surface area contributed by atoms with Gasteiger partial charge in [-0.15, -0.1) is 0 Å². The van der Waals surface area contributed by atoms with Gasteiger partial charge in [-0.05, 0) is 133 Å². The number of halogens is 5. The monoisotopic (exact) mass is 1160 g/mol. The minimum atomic E-state index is -5.08. The molecule has 2 aliphatic rings. The Labute approximate surface area is 478 Å². The lowest BCUT2D eigenvalue weighted by molar-refractivity contribution is -0.192. The van der Waals surface area contributed by atoms with Gasteiger partial charge in [0.05, 0.1) is 34.8 Å². The van der Waals surface area contributed by atoms with Crippen LogP contribution in [0.15, 0.2) is 120 Å². The minimum absolute atomic E-state index is 0.0350. The first kappa shape index (κ1) is 64.5. The highest BCUT2D eigenvalue weighted by Crippen LogP contribution is 2.50. The van der Waals surface area contributed by atoms with Gasteiger partial charge in [-0.2, -0.15) is 13.2 Å². The molecule has 0 saturated carbocycles. The van der Waals surface area contributed by atoms with Crippen LogP contribution >= 0.6 is 0 Å². The first-order chi connectivity index (χ1) is 39.0. The molecule has 0 bridgehead atoms. The summed E-state index contributed by atoms with van der Waals surface area (Å²) in [5.74, 6) is -4.97. The minimum Gasteiger partial charge on any atom is -0.475 e. The molecule has 13 nitrogen and oxygen atoms in total. The Kier molecular flexibility index (Phi) is 23.2. The molecule has 1 fully saturated rings. The highest BCUT2D eigenvalue weighted by molar-refractivity contribution is 7.91. The fourth-order valence-corrected chi connectivity index (χ4v) is 13.4. The first-order valence-electron chi connectivity index (χ1n) is 28.3. The van der Waals surface area contributed by atoms with Gasteiger partial charge in [-0.25, -0.2) is 22.0 Å². The molecule has 1 saturated heterocycles. The molecule has 3 amide bonds. The quantitative estimate of drug-likeness (QED) is 0.0202. The molecular formula is C63H77F5N4O9S. The number of nitrogens with one attached hydrogen (secondary N) is 2. The summed E-state index contributed by atoms with van der Waals surface area (Å²) >= 11 is 0. The molecule has 444 valence electrons. The Morgan fingerprint density at radius 1 is 0.768 bits per heavy atom. The molecule has 0 aromatic heterocycles. The maximum Gasteiger partial charge on any atom is 0.490 e. The molecule has 7 rings (SSSR count). The van der Waals surface area contributed by atoms with Crippen molar-refractivity contribution < 1.29 is 64.9 Å². The van der Waals surface area contributed by atoms with Crippen molar-refractivity contribution in [2.45, 2.75) is 158 Å². The van der Waals surface area contributed by atoms with Crippen LogP contribution in [0.5, 0.6) is 0 Å². The van der Waals surface area contributed by atoms with Crippen LogP contribution in [-0.4, -0.2) is 79.6 Å². The van der Waals surface area contributed by atoms with Gasteiger partial charge >= 0.3 is 12.1 Å². The summed E-state index contributed by atoms with van der Waals surface area (Å²) < 4.78 is 87.2. The second kappa shape index (κ2) is 29.5. The lowest BCUT2D eigenvalue weighted by Crippen LogP contribution is -2.55. The third-order valence-electron chi connectivity index (χ3n) is 15.8. The van der Waals surface area contributed by atoms with Gasteiger partial charge in [0.2, 0.25) is 17.7 Å². The van der Waals surface area contributed by atoms with Crippen LogP contribution in [0.2, 0.25) is 0 Å². The molecule has 5 aromatic rings. The van der Waals surface area contributed by atoms with E-state index in [1.54, 1.807) is 23.1 Å². The number of unbranched alkanes of at least 4 members (excludes halogenated alkanes) is 8. The molecule has 19 heteroatoms. The summed E-state index contributed by atoms with van der Waals surface area (Å²) in [5.41, 5.74) is 4.88. The van der Waals surface area contributed by atoms with Crippen LogP contribution in [0.4, 0.5) is 39.0 Å². The molecule has 0 spiro atoms. The van der Waals surface area contributed by atoms with Crippen molar-refractivity contribution in [3.05, 3.63) is 155 Å². The molecule has 2 heterocycles. The maximum atomic E-state index is 14.1. The third-order valence-corrected chi connectivity index (χ3v) is 17.8. The Morgan fingerprint density at radius 2 is 1.35 bits per heavy atom. The number of rotatable bonds is 26. The second-order valence-corrected chi connectivity index (χ2v) is 23.8. The lowest BCUT2D eigenvalue weighted by Gasteiger charge is -2.48. The van der Waals surface area contributed by atoms with Crippen molar-refractivity contribution in [3.63, 3.8) is 0 Å². The van der Waals surface area contributed by atoms with Gasteiger partial charge in [0.1, 0.15) is 11.6 Å². The molecule has 82 heavy (non-hydrogen) atoms. The van der Waals surface area contributed by atoms with E-state index in [0.29, 0.717) is 67.6 Å². The van der Waals surface area contributed by atoms with E-state index < -0.39 is 63.1 Å². The van der Waals surface area contributed by atoms with E-state index in [1.807, 2.05) is 86.6 Å². The van der Waals surface area contributed by atoms with Crippen LogP contribution in [0, 0.1) is 23.0 Å². The Balaban J connectivity index is 0.00000145. The Bertz CT molecular complexity index is 3050. The number of amides is 3. The van der Waals surface area contributed by atoms with Crippen LogP contribution in [0.1, 0.15) is 162 Å². The highest BCUT2D eigenvalue weighted by Gasteiger charge is 2.50. The number of aliphatic carboxylic acids is 1. The fraction of sp³-hybridized carbons (Fsp3) is 0.460. The average Bonchev–Trinajstić information content (AvgIpc) is 3.61. The van der Waals surface area contributed by atoms with Crippen molar-refractivity contribution in [1.82, 2.24) is 5.32 Å². The summed E-state index contributed by atoms with van der Waals surface area (Å²) in [7, 11) is 0.102. The normalized spacial score (nSPS) is 19.6. The molecule has 5 N–H and O–H groups in total. The number of anilines is 3. The molecule has 0 radical (unpaired) electrons. The van der Waals surface area contributed by atoms with E-state index in [2.05, 4.69) is 17.6 Å². The van der Waals surface area contributed by atoms with E-state index in [1.165, 1.54) is 36.4 Å². The van der Waals surface area contributed by atoms with Crippen LogP contribution in [0.3, 0.4) is 0 Å². The number of aliphatic hydroxyl groups is 2. The van der Waals surface area contributed by atoms with E-state index in [4.69, 9.17) is 9.90 Å². The number of benzene rings is 5. The van der Waals surface area contributed by atoms with Crippen molar-refractivity contribution in [1.29, 1.82) is 0 Å². The Morgan fingerprint density at radius 3 is 1.95 bits per heavy atom. The van der Waals surface area contributed by atoms with Crippen molar-refractivity contribution in [2.24, 2.45) is 11.3 Å². The van der Waals surface area contributed by atoms with Gasteiger partial charge in [-0.3, -0.25) is 14.4 Å². The standard InChI is InChI=1S/C61H76F2N4O7S.C2HF3O2/c1-5-7-36-61(6-2)41-75(73,74)54-35-32-50(66(3)4)39-52(54)57(59(61)71)44-19-17-21-48(38-44)65-56(70)23-15-13-11-9-8-10-12-14-22-55(69)64-40-42-18-16-20-45(37-42)58-51(33-34-53(68)43-24-26-46(62)27-25-43)60(72)67(58)49-30-28-47(63)29-31-49;3-2(4,5)1(6)7/h16-21,24-32,35,37-39,51,53,57-59,68,71H,5-15,22-23,33-34,36,40-41H2,1-4H3,(H,64,69)(H,65,70);(H,6,7)/t51?,53?,57?,58?,59-,61?;/m1./s1. The number of nitrogens with zero attached hydrogens (tertiary/aromatic N) is 2. The summed E-state index contributed by atoms with van der Waals surface area (Å²) in [5, 5.41) is 36.4. The Hall–Kier alpha value is -6.70. The van der Waals surface area contributed by atoms with Gasteiger partial charge < -0.3 is 35.8 Å². The van der Waals surface area contributed by atoms with Crippen molar-refractivity contribution >= 4 is 50.6 Å². The number of carbonyl (C=O) groups is 4. The number of aliphatic hydroxyl groups excluding tert-OH is 2. The molecular weight excluding hydrogens is 1080 g/mol. The second-order valence-electron chi connectivity index (χ2n) is 21.8. The number of sulfone groups is 1. The van der Waals surface area contributed by atoms with Crippen LogP contribution in [-0.2, 0) is 35.6 Å². The maximum absolute atomic E-state index is 14.1. The number of β-lactam (4-membered cyclic amide) rings is 1. The zero-order chi connectivity index (χ0) is 59.8. The summed E-state index contributed by atoms with van der Waals surface area (Å²) in [6.07, 6.45) is 4.86. The molecule has 5 unspecified atom stereocenters. The largest absolute Gasteiger partial charge is 0.490 e. The van der Waals surface area contributed by atoms with E-state index in [9.17, 15) is 55.0 Å². The molecule has 6 atom stereocenters. The zero-order valence-corrected chi connectivity index (χ0v) is 47.9. The molecule has 5 aromatic carbocycles. The number of fused-ring (bicyclic) bond motifs is 1. The molecule has 0 aliphatic carbocycles. The number of hydrogen-bond donors (Lipinski definition) is 5. The van der Waals surface area contributed by atoms with Gasteiger partial charge in [0, 0.05) is 61.9 Å². The summed E-state index contributed by atoms with van der Waals surface area (Å²) in [4.78, 5) is 52.4. The number of alkyl halides is 3. The van der Waals surface area contributed by atoms with Crippen LogP contribution in [0.25, 0.3) is 0 Å². The molecule has 2 aliphatic heterocycles.